The predicted octanol–water partition coefficient (Wildman–Crippen LogP) is 2.20. The molecule has 3 aromatic rings. The molecule has 1 aliphatic rings. The molecule has 1 fully saturated rings. The first kappa shape index (κ1) is 15.1. The van der Waals surface area contributed by atoms with Gasteiger partial charge in [0, 0.05) is 6.04 Å². The first-order valence-electron chi connectivity index (χ1n) is 8.17. The van der Waals surface area contributed by atoms with Crippen LogP contribution in [0.3, 0.4) is 0 Å². The molecule has 0 spiro atoms. The van der Waals surface area contributed by atoms with E-state index < -0.39 is 0 Å². The summed E-state index contributed by atoms with van der Waals surface area (Å²) in [5.41, 5.74) is 0. The van der Waals surface area contributed by atoms with Gasteiger partial charge in [0.05, 0.1) is 19.4 Å². The fraction of sp³-hybridized carbons (Fsp3) is 0.500. The Hall–Kier alpha value is -2.48. The number of hydrogen-bond acceptors (Lipinski definition) is 7. The molecule has 0 radical (unpaired) electrons. The van der Waals surface area contributed by atoms with Gasteiger partial charge in [-0.1, -0.05) is 5.16 Å². The summed E-state index contributed by atoms with van der Waals surface area (Å²) < 4.78 is 12.7. The van der Waals surface area contributed by atoms with Gasteiger partial charge in [0.25, 0.3) is 0 Å². The lowest BCUT2D eigenvalue weighted by Gasteiger charge is -2.22. The first-order valence-corrected chi connectivity index (χ1v) is 8.17. The quantitative estimate of drug-likeness (QED) is 0.709. The van der Waals surface area contributed by atoms with E-state index in [-0.39, 0.29) is 0 Å². The third-order valence-electron chi connectivity index (χ3n) is 4.39. The Bertz CT molecular complexity index is 807. The summed E-state index contributed by atoms with van der Waals surface area (Å²) in [5.74, 6) is 3.50. The van der Waals surface area contributed by atoms with Gasteiger partial charge in [-0.3, -0.25) is 4.90 Å². The highest BCUT2D eigenvalue weighted by molar-refractivity contribution is 5.44. The number of aryl methyl sites for hydroxylation is 2. The molecule has 8 heteroatoms. The van der Waals surface area contributed by atoms with Crippen LogP contribution in [0.5, 0.6) is 0 Å². The Morgan fingerprint density at radius 3 is 2.96 bits per heavy atom. The second-order valence-electron chi connectivity index (χ2n) is 6.14. The molecule has 0 aromatic carbocycles. The van der Waals surface area contributed by atoms with E-state index in [2.05, 4.69) is 25.1 Å². The summed E-state index contributed by atoms with van der Waals surface area (Å²) in [7, 11) is 0. The van der Waals surface area contributed by atoms with E-state index >= 15 is 0 Å². The van der Waals surface area contributed by atoms with Crippen molar-refractivity contribution in [1.82, 2.24) is 29.8 Å². The normalized spacial score (nSPS) is 18.5. The molecule has 3 aromatic heterocycles. The Balaban J connectivity index is 1.44. The number of hydrogen-bond donors (Lipinski definition) is 0. The van der Waals surface area contributed by atoms with Crippen LogP contribution in [-0.4, -0.2) is 42.4 Å². The van der Waals surface area contributed by atoms with E-state index in [4.69, 9.17) is 8.94 Å². The average molecular weight is 328 g/mol. The first-order chi connectivity index (χ1) is 11.7. The number of nitrogens with zero attached hydrogens (tertiary/aromatic N) is 6. The number of likely N-dealkylation sites (tertiary alicyclic amines) is 1. The minimum atomic E-state index is 0.406. The van der Waals surface area contributed by atoms with Gasteiger partial charge in [0.15, 0.2) is 5.76 Å². The van der Waals surface area contributed by atoms with E-state index in [1.165, 1.54) is 0 Å². The molecule has 1 saturated heterocycles. The SMILES string of the molecule is Cc1nc(C)n(C[C@H]2CCCN2Cc2nc(-c3ccco3)no2)n1. The number of aromatic nitrogens is 5. The van der Waals surface area contributed by atoms with E-state index in [1.807, 2.05) is 30.7 Å². The van der Waals surface area contributed by atoms with Gasteiger partial charge in [-0.25, -0.2) is 9.67 Å². The van der Waals surface area contributed by atoms with Gasteiger partial charge >= 0.3 is 0 Å². The lowest BCUT2D eigenvalue weighted by molar-refractivity contribution is 0.191. The van der Waals surface area contributed by atoms with Crippen molar-refractivity contribution in [1.29, 1.82) is 0 Å². The van der Waals surface area contributed by atoms with Gasteiger partial charge in [-0.15, -0.1) is 0 Å². The van der Waals surface area contributed by atoms with Crippen LogP contribution in [0.2, 0.25) is 0 Å². The molecule has 0 amide bonds. The fourth-order valence-electron chi connectivity index (χ4n) is 3.24. The van der Waals surface area contributed by atoms with Gasteiger partial charge in [0.1, 0.15) is 11.6 Å². The fourth-order valence-corrected chi connectivity index (χ4v) is 3.24. The molecule has 0 bridgehead atoms. The largest absolute Gasteiger partial charge is 0.461 e. The van der Waals surface area contributed by atoms with Crippen LogP contribution in [0.15, 0.2) is 27.3 Å². The lowest BCUT2D eigenvalue weighted by atomic mass is 10.2. The summed E-state index contributed by atoms with van der Waals surface area (Å²) in [5, 5.41) is 8.46. The van der Waals surface area contributed by atoms with Crippen LogP contribution >= 0.6 is 0 Å². The summed E-state index contributed by atoms with van der Waals surface area (Å²) in [6.07, 6.45) is 3.90. The Kier molecular flexibility index (Phi) is 3.89. The van der Waals surface area contributed by atoms with Crippen LogP contribution in [0.4, 0.5) is 0 Å². The third-order valence-corrected chi connectivity index (χ3v) is 4.39. The van der Waals surface area contributed by atoms with E-state index in [1.54, 1.807) is 6.26 Å². The minimum Gasteiger partial charge on any atom is -0.461 e. The van der Waals surface area contributed by atoms with Crippen molar-refractivity contribution in [3.63, 3.8) is 0 Å². The summed E-state index contributed by atoms with van der Waals surface area (Å²) >= 11 is 0. The highest BCUT2D eigenvalue weighted by Gasteiger charge is 2.27. The van der Waals surface area contributed by atoms with Crippen molar-refractivity contribution < 1.29 is 8.94 Å². The second kappa shape index (κ2) is 6.20. The topological polar surface area (TPSA) is 86.0 Å². The highest BCUT2D eigenvalue weighted by atomic mass is 16.5. The van der Waals surface area contributed by atoms with E-state index in [9.17, 15) is 0 Å². The maximum absolute atomic E-state index is 5.38. The van der Waals surface area contributed by atoms with Crippen molar-refractivity contribution in [3.05, 3.63) is 35.9 Å². The van der Waals surface area contributed by atoms with Crippen LogP contribution in [0, 0.1) is 13.8 Å². The van der Waals surface area contributed by atoms with Crippen molar-refractivity contribution in [2.24, 2.45) is 0 Å². The molecule has 4 rings (SSSR count). The van der Waals surface area contributed by atoms with Crippen molar-refractivity contribution in [2.75, 3.05) is 6.54 Å². The smallest absolute Gasteiger partial charge is 0.241 e. The molecular weight excluding hydrogens is 308 g/mol. The van der Waals surface area contributed by atoms with Crippen molar-refractivity contribution >= 4 is 0 Å². The molecule has 0 N–H and O–H groups in total. The van der Waals surface area contributed by atoms with Crippen LogP contribution in [0.1, 0.15) is 30.4 Å². The Labute approximate surface area is 139 Å². The molecule has 4 heterocycles. The Morgan fingerprint density at radius 2 is 2.21 bits per heavy atom. The predicted molar refractivity (Wildman–Crippen MR) is 84.9 cm³/mol. The molecule has 8 nitrogen and oxygen atoms in total. The lowest BCUT2D eigenvalue weighted by Crippen LogP contribution is -2.33. The molecule has 0 saturated carbocycles. The zero-order valence-electron chi connectivity index (χ0n) is 13.8. The maximum atomic E-state index is 5.38. The maximum Gasteiger partial charge on any atom is 0.241 e. The van der Waals surface area contributed by atoms with E-state index in [0.717, 1.165) is 37.6 Å². The summed E-state index contributed by atoms with van der Waals surface area (Å²) in [6, 6.07) is 4.04. The molecule has 126 valence electrons. The van der Waals surface area contributed by atoms with Crippen LogP contribution in [0.25, 0.3) is 11.6 Å². The van der Waals surface area contributed by atoms with Crippen molar-refractivity contribution in [3.8, 4) is 11.6 Å². The van der Waals surface area contributed by atoms with Gasteiger partial charge in [-0.05, 0) is 45.4 Å². The van der Waals surface area contributed by atoms with Gasteiger partial charge < -0.3 is 8.94 Å². The molecule has 0 unspecified atom stereocenters. The standard InChI is InChI=1S/C16H20N6O2/c1-11-17-12(2)22(19-11)9-13-5-3-7-21(13)10-15-18-16(20-24-15)14-6-4-8-23-14/h4,6,8,13H,3,5,7,9-10H2,1-2H3/t13-/m1/s1. The monoisotopic (exact) mass is 328 g/mol. The van der Waals surface area contributed by atoms with Crippen LogP contribution < -0.4 is 0 Å². The third kappa shape index (κ3) is 2.96. The second-order valence-corrected chi connectivity index (χ2v) is 6.14. The summed E-state index contributed by atoms with van der Waals surface area (Å²) in [6.45, 7) is 6.42. The summed E-state index contributed by atoms with van der Waals surface area (Å²) in [4.78, 5) is 11.2. The molecule has 0 aliphatic carbocycles. The zero-order chi connectivity index (χ0) is 16.5. The molecule has 24 heavy (non-hydrogen) atoms. The van der Waals surface area contributed by atoms with Crippen molar-refractivity contribution in [2.45, 2.75) is 45.8 Å². The van der Waals surface area contributed by atoms with Crippen LogP contribution in [-0.2, 0) is 13.1 Å². The molecular formula is C16H20N6O2. The van der Waals surface area contributed by atoms with E-state index in [0.29, 0.717) is 30.1 Å². The molecule has 1 atom stereocenters. The van der Waals surface area contributed by atoms with Gasteiger partial charge in [0.2, 0.25) is 11.7 Å². The highest BCUT2D eigenvalue weighted by Crippen LogP contribution is 2.22. The molecule has 1 aliphatic heterocycles. The minimum absolute atomic E-state index is 0.406. The number of rotatable bonds is 5. The van der Waals surface area contributed by atoms with Gasteiger partial charge in [-0.2, -0.15) is 10.1 Å². The Morgan fingerprint density at radius 1 is 1.29 bits per heavy atom. The number of furan rings is 1. The average Bonchev–Trinajstić information content (AvgIpc) is 3.30. The zero-order valence-corrected chi connectivity index (χ0v) is 13.8.